The Kier molecular flexibility index (Phi) is 5.98. The first-order valence-electron chi connectivity index (χ1n) is 11.6. The van der Waals surface area contributed by atoms with E-state index in [9.17, 15) is 0 Å². The fourth-order valence-corrected chi connectivity index (χ4v) is 5.83. The largest absolute Gasteiger partial charge is 0.357 e. The Morgan fingerprint density at radius 3 is 2.22 bits per heavy atom. The molecule has 0 amide bonds. The molecule has 1 aliphatic carbocycles. The molecule has 0 aromatic carbocycles. The van der Waals surface area contributed by atoms with Gasteiger partial charge in [-0.1, -0.05) is 12.8 Å². The molecule has 4 fully saturated rings. The van der Waals surface area contributed by atoms with Crippen LogP contribution in [-0.2, 0) is 0 Å². The van der Waals surface area contributed by atoms with Gasteiger partial charge in [0.15, 0.2) is 5.96 Å². The quantitative estimate of drug-likeness (QED) is 0.605. The van der Waals surface area contributed by atoms with E-state index in [1.54, 1.807) is 0 Å². The normalized spacial score (nSPS) is 29.1. The minimum atomic E-state index is 0.293. The fourth-order valence-electron chi connectivity index (χ4n) is 5.83. The van der Waals surface area contributed by atoms with Gasteiger partial charge in [0.1, 0.15) is 0 Å². The number of nitrogens with zero attached hydrogens (tertiary/aromatic N) is 4. The van der Waals surface area contributed by atoms with Gasteiger partial charge in [-0.15, -0.1) is 0 Å². The molecule has 5 nitrogen and oxygen atoms in total. The summed E-state index contributed by atoms with van der Waals surface area (Å²) in [5.41, 5.74) is 0.926. The van der Waals surface area contributed by atoms with Gasteiger partial charge in [-0.05, 0) is 90.5 Å². The minimum absolute atomic E-state index is 0.293. The third-order valence-electron chi connectivity index (χ3n) is 7.95. The van der Waals surface area contributed by atoms with Crippen LogP contribution in [0.4, 0.5) is 0 Å². The molecule has 4 rings (SSSR count). The van der Waals surface area contributed by atoms with Crippen LogP contribution < -0.4 is 5.32 Å². The monoisotopic (exact) mass is 375 g/mol. The van der Waals surface area contributed by atoms with Crippen LogP contribution >= 0.6 is 0 Å². The van der Waals surface area contributed by atoms with Crippen molar-refractivity contribution in [1.82, 2.24) is 20.0 Å². The maximum atomic E-state index is 5.29. The van der Waals surface area contributed by atoms with Gasteiger partial charge in [0.05, 0.1) is 6.54 Å². The lowest BCUT2D eigenvalue weighted by molar-refractivity contribution is 0.0206. The van der Waals surface area contributed by atoms with Gasteiger partial charge in [0.2, 0.25) is 0 Å². The minimum Gasteiger partial charge on any atom is -0.357 e. The summed E-state index contributed by atoms with van der Waals surface area (Å²) in [7, 11) is 2.27. The van der Waals surface area contributed by atoms with Crippen LogP contribution in [0.25, 0.3) is 0 Å². The summed E-state index contributed by atoms with van der Waals surface area (Å²) in [5.74, 6) is 1.19. The van der Waals surface area contributed by atoms with Crippen LogP contribution in [0, 0.1) is 5.41 Å². The fraction of sp³-hybridized carbons (Fsp3) is 0.955. The second-order valence-electron chi connectivity index (χ2n) is 9.77. The first-order valence-corrected chi connectivity index (χ1v) is 11.6. The second-order valence-corrected chi connectivity index (χ2v) is 9.77. The molecule has 0 atom stereocenters. The van der Waals surface area contributed by atoms with Gasteiger partial charge in [0, 0.05) is 25.2 Å². The number of piperidine rings is 2. The Labute approximate surface area is 166 Å². The van der Waals surface area contributed by atoms with Gasteiger partial charge in [-0.25, -0.2) is 0 Å². The molecule has 0 aromatic heterocycles. The molecule has 5 heteroatoms. The lowest BCUT2D eigenvalue weighted by atomic mass is 9.68. The van der Waals surface area contributed by atoms with E-state index in [1.807, 2.05) is 0 Å². The van der Waals surface area contributed by atoms with E-state index >= 15 is 0 Å². The Bertz CT molecular complexity index is 513. The van der Waals surface area contributed by atoms with Crippen molar-refractivity contribution in [2.75, 3.05) is 59.4 Å². The topological polar surface area (TPSA) is 34.1 Å². The van der Waals surface area contributed by atoms with E-state index in [0.29, 0.717) is 11.0 Å². The molecule has 0 radical (unpaired) electrons. The number of aliphatic imine (C=N–C) groups is 1. The van der Waals surface area contributed by atoms with Crippen molar-refractivity contribution in [2.45, 2.75) is 70.3 Å². The zero-order valence-corrected chi connectivity index (χ0v) is 17.8. The van der Waals surface area contributed by atoms with Crippen LogP contribution in [0.3, 0.4) is 0 Å². The Balaban J connectivity index is 1.48. The molecular formula is C22H41N5. The molecule has 0 unspecified atom stereocenters. The zero-order valence-electron chi connectivity index (χ0n) is 17.8. The van der Waals surface area contributed by atoms with Gasteiger partial charge < -0.3 is 15.1 Å². The summed E-state index contributed by atoms with van der Waals surface area (Å²) < 4.78 is 0. The summed E-state index contributed by atoms with van der Waals surface area (Å²) in [6.45, 7) is 11.6. The number of hydrogen-bond donors (Lipinski definition) is 1. The van der Waals surface area contributed by atoms with Gasteiger partial charge in [-0.2, -0.15) is 0 Å². The molecule has 0 bridgehead atoms. The average molecular weight is 376 g/mol. The second kappa shape index (κ2) is 8.28. The SMILES string of the molecule is CCNC(=NCC1(N2CCCCC2)CCN(C)CC1)N1CCC2(CCC2)C1. The molecule has 1 N–H and O–H groups in total. The lowest BCUT2D eigenvalue weighted by Gasteiger charge is -2.49. The molecule has 1 saturated carbocycles. The molecule has 3 saturated heterocycles. The summed E-state index contributed by atoms with van der Waals surface area (Å²) in [4.78, 5) is 13.2. The van der Waals surface area contributed by atoms with Crippen molar-refractivity contribution in [3.05, 3.63) is 0 Å². The third kappa shape index (κ3) is 4.14. The van der Waals surface area contributed by atoms with Crippen LogP contribution in [0.1, 0.15) is 64.7 Å². The molecule has 154 valence electrons. The molecule has 4 aliphatic rings. The highest BCUT2D eigenvalue weighted by Gasteiger charge is 2.44. The maximum absolute atomic E-state index is 5.29. The van der Waals surface area contributed by atoms with E-state index in [1.165, 1.54) is 103 Å². The molecule has 27 heavy (non-hydrogen) atoms. The lowest BCUT2D eigenvalue weighted by Crippen LogP contribution is -2.58. The summed E-state index contributed by atoms with van der Waals surface area (Å²) in [5, 5.41) is 3.63. The highest BCUT2D eigenvalue weighted by molar-refractivity contribution is 5.80. The van der Waals surface area contributed by atoms with Crippen molar-refractivity contribution in [2.24, 2.45) is 10.4 Å². The van der Waals surface area contributed by atoms with E-state index < -0.39 is 0 Å². The van der Waals surface area contributed by atoms with Crippen molar-refractivity contribution in [1.29, 1.82) is 0 Å². The number of guanidine groups is 1. The van der Waals surface area contributed by atoms with Gasteiger partial charge >= 0.3 is 0 Å². The van der Waals surface area contributed by atoms with Crippen molar-refractivity contribution in [3.8, 4) is 0 Å². The number of likely N-dealkylation sites (tertiary alicyclic amines) is 3. The standard InChI is InChI=1S/C22H41N5/c1-3-23-20(26-17-10-21(19-26)8-7-9-21)24-18-22(11-15-25(2)16-12-22)27-13-5-4-6-14-27/h3-19H2,1-2H3,(H,23,24). The van der Waals surface area contributed by atoms with Crippen LogP contribution in [0.2, 0.25) is 0 Å². The van der Waals surface area contributed by atoms with Crippen LogP contribution in [0.15, 0.2) is 4.99 Å². The predicted molar refractivity (Wildman–Crippen MR) is 113 cm³/mol. The van der Waals surface area contributed by atoms with Crippen molar-refractivity contribution in [3.63, 3.8) is 0 Å². The van der Waals surface area contributed by atoms with Gasteiger partial charge in [-0.3, -0.25) is 9.89 Å². The Morgan fingerprint density at radius 2 is 1.63 bits per heavy atom. The maximum Gasteiger partial charge on any atom is 0.193 e. The summed E-state index contributed by atoms with van der Waals surface area (Å²) in [6, 6.07) is 0. The van der Waals surface area contributed by atoms with Crippen LogP contribution in [0.5, 0.6) is 0 Å². The highest BCUT2D eigenvalue weighted by atomic mass is 15.3. The molecular weight excluding hydrogens is 334 g/mol. The average Bonchev–Trinajstić information content (AvgIpc) is 3.14. The van der Waals surface area contributed by atoms with Crippen molar-refractivity contribution < 1.29 is 0 Å². The molecule has 0 aromatic rings. The smallest absolute Gasteiger partial charge is 0.193 e. The predicted octanol–water partition coefficient (Wildman–Crippen LogP) is 2.78. The summed E-state index contributed by atoms with van der Waals surface area (Å²) >= 11 is 0. The molecule has 3 heterocycles. The van der Waals surface area contributed by atoms with Crippen molar-refractivity contribution >= 4 is 5.96 Å². The Morgan fingerprint density at radius 1 is 0.889 bits per heavy atom. The third-order valence-corrected chi connectivity index (χ3v) is 7.95. The van der Waals surface area contributed by atoms with Crippen LogP contribution in [-0.4, -0.2) is 85.6 Å². The first-order chi connectivity index (χ1) is 13.1. The summed E-state index contributed by atoms with van der Waals surface area (Å²) in [6.07, 6.45) is 12.4. The zero-order chi connectivity index (χ0) is 18.7. The van der Waals surface area contributed by atoms with E-state index in [4.69, 9.17) is 4.99 Å². The van der Waals surface area contributed by atoms with E-state index in [2.05, 4.69) is 34.0 Å². The Hall–Kier alpha value is -0.810. The van der Waals surface area contributed by atoms with Gasteiger partial charge in [0.25, 0.3) is 0 Å². The van der Waals surface area contributed by atoms with E-state index in [-0.39, 0.29) is 0 Å². The first kappa shape index (κ1) is 19.5. The number of hydrogen-bond acceptors (Lipinski definition) is 3. The molecule has 1 spiro atoms. The number of rotatable bonds is 4. The van der Waals surface area contributed by atoms with E-state index in [0.717, 1.165) is 13.1 Å². The highest BCUT2D eigenvalue weighted by Crippen LogP contribution is 2.48. The molecule has 3 aliphatic heterocycles. The number of nitrogens with one attached hydrogen (secondary N) is 1.